The van der Waals surface area contributed by atoms with E-state index in [9.17, 15) is 9.59 Å². The zero-order chi connectivity index (χ0) is 16.0. The molecule has 6 nitrogen and oxygen atoms in total. The number of hydrogen-bond acceptors (Lipinski definition) is 4. The normalized spacial score (nSPS) is 16.0. The molecule has 5 N–H and O–H groups in total. The maximum Gasteiger partial charge on any atom is 0.259 e. The number of ketones is 1. The first-order chi connectivity index (χ1) is 9.97. The van der Waals surface area contributed by atoms with Gasteiger partial charge >= 0.3 is 0 Å². The Bertz CT molecular complexity index is 568. The van der Waals surface area contributed by atoms with E-state index in [4.69, 9.17) is 11.5 Å². The maximum absolute atomic E-state index is 11.6. The highest BCUT2D eigenvalue weighted by atomic mass is 127. The second-order valence-electron chi connectivity index (χ2n) is 4.27. The largest absolute Gasteiger partial charge is 0.370 e. The molecule has 0 amide bonds. The molecule has 0 saturated heterocycles. The SMILES string of the molecule is CC.NC(N)=Nc1ccc2c(c1)CN[C@H](C(=O)C(=O)I)C2. The molecule has 7 heteroatoms. The number of rotatable bonds is 3. The van der Waals surface area contributed by atoms with Crippen LogP contribution in [0.2, 0.25) is 0 Å². The van der Waals surface area contributed by atoms with E-state index >= 15 is 0 Å². The number of Topliss-reactive ketones (excluding diaryl/α,β-unsaturated/α-hetero) is 1. The number of nitrogens with zero attached hydrogens (tertiary/aromatic N) is 1. The van der Waals surface area contributed by atoms with Gasteiger partial charge in [0.1, 0.15) is 0 Å². The third-order valence-electron chi connectivity index (χ3n) is 2.92. The zero-order valence-corrected chi connectivity index (χ0v) is 14.2. The van der Waals surface area contributed by atoms with Crippen molar-refractivity contribution in [2.45, 2.75) is 32.9 Å². The van der Waals surface area contributed by atoms with E-state index in [1.165, 1.54) is 22.6 Å². The lowest BCUT2D eigenvalue weighted by atomic mass is 9.93. The third-order valence-corrected chi connectivity index (χ3v) is 3.45. The number of aliphatic imine (C=N–C) groups is 1. The van der Waals surface area contributed by atoms with Crippen molar-refractivity contribution in [2.24, 2.45) is 16.5 Å². The van der Waals surface area contributed by atoms with Gasteiger partial charge in [-0.25, -0.2) is 4.99 Å². The van der Waals surface area contributed by atoms with Crippen LogP contribution in [0, 0.1) is 0 Å². The Labute approximate surface area is 137 Å². The number of benzene rings is 1. The van der Waals surface area contributed by atoms with Crippen LogP contribution in [-0.2, 0) is 22.6 Å². The van der Waals surface area contributed by atoms with Crippen LogP contribution in [-0.4, -0.2) is 21.6 Å². The van der Waals surface area contributed by atoms with Crippen molar-refractivity contribution in [2.75, 3.05) is 0 Å². The number of carbonyl (C=O) groups excluding carboxylic acids is 2. The van der Waals surface area contributed by atoms with Crippen molar-refractivity contribution in [1.82, 2.24) is 5.32 Å². The van der Waals surface area contributed by atoms with E-state index in [0.29, 0.717) is 18.7 Å². The van der Waals surface area contributed by atoms with Gasteiger partial charge in [0.25, 0.3) is 3.79 Å². The Kier molecular flexibility index (Phi) is 6.76. The molecular weight excluding hydrogens is 383 g/mol. The summed E-state index contributed by atoms with van der Waals surface area (Å²) >= 11 is 1.51. The number of carbonyl (C=O) groups is 2. The van der Waals surface area contributed by atoms with Crippen LogP contribution < -0.4 is 16.8 Å². The van der Waals surface area contributed by atoms with Gasteiger partial charge in [0.05, 0.1) is 11.7 Å². The first-order valence-electron chi connectivity index (χ1n) is 6.66. The highest BCUT2D eigenvalue weighted by Gasteiger charge is 2.27. The first kappa shape index (κ1) is 17.6. The fraction of sp³-hybridized carbons (Fsp3) is 0.357. The monoisotopic (exact) mass is 402 g/mol. The minimum Gasteiger partial charge on any atom is -0.370 e. The standard InChI is InChI=1S/C12H13IN4O2.C2H6/c13-11(19)10(18)9-4-6-1-2-8(17-12(14)15)3-7(6)5-16-9;1-2/h1-3,9,16H,4-5H2,(H4,14,15,17);1-2H3/t9-;/m0./s1. The number of nitrogens with two attached hydrogens (primary N) is 2. The van der Waals surface area contributed by atoms with Crippen LogP contribution in [0.5, 0.6) is 0 Å². The molecule has 2 rings (SSSR count). The molecule has 1 aliphatic rings. The summed E-state index contributed by atoms with van der Waals surface area (Å²) in [4.78, 5) is 26.7. The fourth-order valence-corrected chi connectivity index (χ4v) is 2.42. The van der Waals surface area contributed by atoms with Crippen LogP contribution in [0.1, 0.15) is 25.0 Å². The lowest BCUT2D eigenvalue weighted by molar-refractivity contribution is -0.132. The van der Waals surface area contributed by atoms with Crippen LogP contribution >= 0.6 is 22.6 Å². The Morgan fingerprint density at radius 1 is 1.29 bits per heavy atom. The Balaban J connectivity index is 0.00000106. The quantitative estimate of drug-likeness (QED) is 0.231. The molecule has 1 heterocycles. The average Bonchev–Trinajstić information content (AvgIpc) is 2.47. The number of fused-ring (bicyclic) bond motifs is 1. The van der Waals surface area contributed by atoms with Gasteiger partial charge in [0.15, 0.2) is 5.96 Å². The summed E-state index contributed by atoms with van der Waals surface area (Å²) in [6.07, 6.45) is 0.505. The molecule has 114 valence electrons. The molecule has 0 bridgehead atoms. The molecule has 0 aromatic heterocycles. The van der Waals surface area contributed by atoms with Crippen LogP contribution in [0.4, 0.5) is 5.69 Å². The van der Waals surface area contributed by atoms with Crippen LogP contribution in [0.3, 0.4) is 0 Å². The molecule has 1 aromatic carbocycles. The number of halogens is 1. The Morgan fingerprint density at radius 2 is 1.95 bits per heavy atom. The van der Waals surface area contributed by atoms with E-state index in [0.717, 1.165) is 11.1 Å². The second-order valence-corrected chi connectivity index (χ2v) is 5.25. The molecule has 0 aliphatic carbocycles. The van der Waals surface area contributed by atoms with Gasteiger partial charge in [0.2, 0.25) is 5.78 Å². The number of hydrogen-bond donors (Lipinski definition) is 3. The van der Waals surface area contributed by atoms with Gasteiger partial charge in [-0.3, -0.25) is 9.59 Å². The second kappa shape index (κ2) is 8.08. The predicted octanol–water partition coefficient (Wildman–Crippen LogP) is 1.16. The van der Waals surface area contributed by atoms with E-state index in [-0.39, 0.29) is 11.7 Å². The van der Waals surface area contributed by atoms with Crippen molar-refractivity contribution in [3.05, 3.63) is 29.3 Å². The molecule has 1 aliphatic heterocycles. The van der Waals surface area contributed by atoms with Gasteiger partial charge in [-0.15, -0.1) is 0 Å². The summed E-state index contributed by atoms with van der Waals surface area (Å²) in [5.41, 5.74) is 13.4. The van der Waals surface area contributed by atoms with Gasteiger partial charge in [0, 0.05) is 29.1 Å². The van der Waals surface area contributed by atoms with Crippen molar-refractivity contribution < 1.29 is 9.59 Å². The highest BCUT2D eigenvalue weighted by molar-refractivity contribution is 14.1. The molecule has 21 heavy (non-hydrogen) atoms. The van der Waals surface area contributed by atoms with E-state index in [1.807, 2.05) is 26.0 Å². The summed E-state index contributed by atoms with van der Waals surface area (Å²) in [5.74, 6) is -0.383. The molecule has 1 aromatic rings. The zero-order valence-electron chi connectivity index (χ0n) is 12.0. The third kappa shape index (κ3) is 4.78. The van der Waals surface area contributed by atoms with Crippen LogP contribution in [0.15, 0.2) is 23.2 Å². The number of guanidine groups is 1. The molecule has 0 spiro atoms. The van der Waals surface area contributed by atoms with Gasteiger partial charge < -0.3 is 16.8 Å². The van der Waals surface area contributed by atoms with E-state index in [2.05, 4.69) is 10.3 Å². The van der Waals surface area contributed by atoms with Gasteiger partial charge in [-0.2, -0.15) is 0 Å². The average molecular weight is 402 g/mol. The summed E-state index contributed by atoms with van der Waals surface area (Å²) in [7, 11) is 0. The topological polar surface area (TPSA) is 111 Å². The summed E-state index contributed by atoms with van der Waals surface area (Å²) < 4.78 is -0.448. The molecule has 0 saturated carbocycles. The minimum atomic E-state index is -0.448. The molecule has 1 atom stereocenters. The lowest BCUT2D eigenvalue weighted by Gasteiger charge is -2.24. The van der Waals surface area contributed by atoms with Crippen molar-refractivity contribution in [1.29, 1.82) is 0 Å². The fourth-order valence-electron chi connectivity index (χ4n) is 2.04. The highest BCUT2D eigenvalue weighted by Crippen LogP contribution is 2.23. The molecule has 0 fully saturated rings. The predicted molar refractivity (Wildman–Crippen MR) is 91.6 cm³/mol. The maximum atomic E-state index is 11.6. The summed E-state index contributed by atoms with van der Waals surface area (Å²) in [5, 5.41) is 3.05. The summed E-state index contributed by atoms with van der Waals surface area (Å²) in [6, 6.07) is 5.10. The molecule has 0 radical (unpaired) electrons. The Morgan fingerprint density at radius 3 is 2.52 bits per heavy atom. The molecule has 0 unspecified atom stereocenters. The van der Waals surface area contributed by atoms with Gasteiger partial charge in [-0.1, -0.05) is 19.9 Å². The van der Waals surface area contributed by atoms with E-state index in [1.54, 1.807) is 6.07 Å². The summed E-state index contributed by atoms with van der Waals surface area (Å²) in [6.45, 7) is 4.52. The smallest absolute Gasteiger partial charge is 0.259 e. The minimum absolute atomic E-state index is 0.00674. The number of nitrogens with one attached hydrogen (secondary N) is 1. The van der Waals surface area contributed by atoms with Crippen molar-refractivity contribution >= 4 is 43.8 Å². The molecular formula is C14H19IN4O2. The first-order valence-corrected chi connectivity index (χ1v) is 7.73. The van der Waals surface area contributed by atoms with Gasteiger partial charge in [-0.05, 0) is 29.7 Å². The van der Waals surface area contributed by atoms with Crippen molar-refractivity contribution in [3.63, 3.8) is 0 Å². The Hall–Kier alpha value is -1.48. The lowest BCUT2D eigenvalue weighted by Crippen LogP contribution is -2.43. The van der Waals surface area contributed by atoms with Crippen LogP contribution in [0.25, 0.3) is 0 Å². The van der Waals surface area contributed by atoms with E-state index < -0.39 is 9.83 Å². The van der Waals surface area contributed by atoms with Crippen molar-refractivity contribution in [3.8, 4) is 0 Å².